The minimum Gasteiger partial charge on any atom is -0.355 e. The topological polar surface area (TPSA) is 115 Å². The first-order chi connectivity index (χ1) is 18.0. The lowest BCUT2D eigenvalue weighted by atomic mass is 9.87. The Labute approximate surface area is 215 Å². The molecule has 5 rings (SSSR count). The van der Waals surface area contributed by atoms with Crippen LogP contribution in [-0.2, 0) is 40.1 Å². The van der Waals surface area contributed by atoms with E-state index in [4.69, 9.17) is 9.05 Å². The lowest BCUT2D eigenvalue weighted by Crippen LogP contribution is -2.30. The second kappa shape index (κ2) is 9.75. The van der Waals surface area contributed by atoms with Gasteiger partial charge in [0, 0.05) is 29.5 Å². The molecule has 0 radical (unpaired) electrons. The van der Waals surface area contributed by atoms with Crippen molar-refractivity contribution in [2.45, 2.75) is 25.4 Å². The van der Waals surface area contributed by atoms with Crippen LogP contribution in [-0.4, -0.2) is 43.2 Å². The third kappa shape index (κ3) is 5.21. The van der Waals surface area contributed by atoms with E-state index in [0.717, 1.165) is 17.4 Å². The third-order valence-corrected chi connectivity index (χ3v) is 7.19. The Morgan fingerprint density at radius 2 is 1.71 bits per heavy atom. The summed E-state index contributed by atoms with van der Waals surface area (Å²) in [4.78, 5) is 12.2. The van der Waals surface area contributed by atoms with Crippen molar-refractivity contribution in [2.24, 2.45) is 0 Å². The molecule has 12 heteroatoms. The highest BCUT2D eigenvalue weighted by Crippen LogP contribution is 2.46. The molecule has 1 amide bonds. The number of carbonyl (C=O) groups is 1. The summed E-state index contributed by atoms with van der Waals surface area (Å²) in [6.45, 7) is 0.0294. The Balaban J connectivity index is 1.43. The zero-order valence-electron chi connectivity index (χ0n) is 20.1. The monoisotopic (exact) mass is 545 g/mol. The summed E-state index contributed by atoms with van der Waals surface area (Å²) >= 11 is 0. The summed E-state index contributed by atoms with van der Waals surface area (Å²) in [5.74, 6) is -0.935. The molecule has 1 N–H and O–H groups in total. The summed E-state index contributed by atoms with van der Waals surface area (Å²) in [5, 5.41) is 10.4. The molecule has 198 valence electrons. The van der Waals surface area contributed by atoms with Gasteiger partial charge in [-0.15, -0.1) is 0 Å². The van der Waals surface area contributed by atoms with Crippen LogP contribution < -0.4 is 5.32 Å². The van der Waals surface area contributed by atoms with E-state index < -0.39 is 33.0 Å². The molecule has 0 atom stereocenters. The molecule has 2 heterocycles. The van der Waals surface area contributed by atoms with Gasteiger partial charge in [-0.2, -0.15) is 13.2 Å². The van der Waals surface area contributed by atoms with Gasteiger partial charge in [0.1, 0.15) is 21.1 Å². The van der Waals surface area contributed by atoms with Crippen LogP contribution in [0.1, 0.15) is 22.3 Å². The number of sulfone groups is 1. The molecule has 0 bridgehead atoms. The van der Waals surface area contributed by atoms with Crippen LogP contribution in [0, 0.1) is 0 Å². The average Bonchev–Trinajstić information content (AvgIpc) is 3.48. The molecule has 0 unspecified atom stereocenters. The van der Waals surface area contributed by atoms with Crippen molar-refractivity contribution in [2.75, 3.05) is 18.6 Å². The molecule has 0 spiro atoms. The van der Waals surface area contributed by atoms with Crippen molar-refractivity contribution in [3.63, 3.8) is 0 Å². The molecule has 2 aromatic heterocycles. The van der Waals surface area contributed by atoms with Gasteiger partial charge in [-0.3, -0.25) is 4.79 Å². The standard InChI is InChI=1S/C26H22F3N3O5S/c1-38(34,35)12-11-30-20(33)14-15-7-9-18-17(13-15)8-10-19-22(18)31-37-25(19)23-21(26(27,28)29)24(36-32-23)16-5-3-2-4-6-16/h2-7,9,13H,8,10-12,14H2,1H3,(H,30,33). The van der Waals surface area contributed by atoms with Crippen LogP contribution in [0.4, 0.5) is 13.2 Å². The van der Waals surface area contributed by atoms with Crippen molar-refractivity contribution in [1.82, 2.24) is 15.6 Å². The SMILES string of the molecule is CS(=O)(=O)CCNC(=O)Cc1ccc2c(c1)CCc1c-2noc1-c1noc(-c2ccccc2)c1C(F)(F)F. The van der Waals surface area contributed by atoms with E-state index in [1.165, 1.54) is 12.1 Å². The third-order valence-electron chi connectivity index (χ3n) is 6.24. The minimum atomic E-state index is -4.75. The largest absolute Gasteiger partial charge is 0.422 e. The number of fused-ring (bicyclic) bond motifs is 3. The van der Waals surface area contributed by atoms with Gasteiger partial charge in [-0.1, -0.05) is 58.8 Å². The van der Waals surface area contributed by atoms with Crippen molar-refractivity contribution < 1.29 is 35.4 Å². The summed E-state index contributed by atoms with van der Waals surface area (Å²) in [7, 11) is -3.18. The Hall–Kier alpha value is -3.93. The lowest BCUT2D eigenvalue weighted by molar-refractivity contribution is -0.137. The second-order valence-electron chi connectivity index (χ2n) is 9.09. The number of halogens is 3. The van der Waals surface area contributed by atoms with Gasteiger partial charge in [0.05, 0.1) is 12.2 Å². The number of alkyl halides is 3. The van der Waals surface area contributed by atoms with Gasteiger partial charge >= 0.3 is 6.18 Å². The van der Waals surface area contributed by atoms with Crippen LogP contribution in [0.5, 0.6) is 0 Å². The number of hydrogen-bond donors (Lipinski definition) is 1. The average molecular weight is 546 g/mol. The molecule has 0 saturated carbocycles. The number of carbonyl (C=O) groups excluding carboxylic acids is 1. The molecular weight excluding hydrogens is 523 g/mol. The van der Waals surface area contributed by atoms with E-state index in [-0.39, 0.29) is 35.9 Å². The first-order valence-corrected chi connectivity index (χ1v) is 13.7. The lowest BCUT2D eigenvalue weighted by Gasteiger charge is -2.16. The quantitative estimate of drug-likeness (QED) is 0.364. The van der Waals surface area contributed by atoms with E-state index in [9.17, 15) is 26.4 Å². The minimum absolute atomic E-state index is 0.0294. The fourth-order valence-electron chi connectivity index (χ4n) is 4.51. The molecule has 1 aliphatic rings. The van der Waals surface area contributed by atoms with Crippen LogP contribution in [0.15, 0.2) is 57.6 Å². The molecular formula is C26H22F3N3O5S. The number of amides is 1. The zero-order valence-corrected chi connectivity index (χ0v) is 20.9. The van der Waals surface area contributed by atoms with Crippen LogP contribution in [0.2, 0.25) is 0 Å². The summed E-state index contributed by atoms with van der Waals surface area (Å²) < 4.78 is 75.5. The molecule has 1 aliphatic carbocycles. The number of nitrogens with one attached hydrogen (secondary N) is 1. The maximum Gasteiger partial charge on any atom is 0.422 e. The van der Waals surface area contributed by atoms with Crippen molar-refractivity contribution in [3.8, 4) is 34.0 Å². The van der Waals surface area contributed by atoms with E-state index in [0.29, 0.717) is 29.7 Å². The Bertz CT molecular complexity index is 1610. The van der Waals surface area contributed by atoms with E-state index in [1.807, 2.05) is 6.07 Å². The highest BCUT2D eigenvalue weighted by molar-refractivity contribution is 7.90. The number of benzene rings is 2. The fourth-order valence-corrected chi connectivity index (χ4v) is 4.98. The Morgan fingerprint density at radius 1 is 1.00 bits per heavy atom. The molecule has 2 aromatic carbocycles. The number of aromatic nitrogens is 2. The molecule has 0 saturated heterocycles. The Morgan fingerprint density at radius 3 is 2.42 bits per heavy atom. The fraction of sp³-hybridized carbons (Fsp3) is 0.269. The number of hydrogen-bond acceptors (Lipinski definition) is 7. The molecule has 8 nitrogen and oxygen atoms in total. The predicted molar refractivity (Wildman–Crippen MR) is 132 cm³/mol. The Kier molecular flexibility index (Phi) is 6.59. The normalized spacial score (nSPS) is 13.2. The molecule has 0 aliphatic heterocycles. The van der Waals surface area contributed by atoms with Crippen LogP contribution in [0.3, 0.4) is 0 Å². The van der Waals surface area contributed by atoms with E-state index >= 15 is 0 Å². The number of nitrogens with zero attached hydrogens (tertiary/aromatic N) is 2. The van der Waals surface area contributed by atoms with Crippen molar-refractivity contribution in [1.29, 1.82) is 0 Å². The summed E-state index contributed by atoms with van der Waals surface area (Å²) in [6.07, 6.45) is -2.74. The maximum atomic E-state index is 14.2. The number of aryl methyl sites for hydroxylation is 1. The second-order valence-corrected chi connectivity index (χ2v) is 11.3. The summed E-state index contributed by atoms with van der Waals surface area (Å²) in [6, 6.07) is 13.2. The van der Waals surface area contributed by atoms with Crippen molar-refractivity contribution in [3.05, 3.63) is 70.8 Å². The van der Waals surface area contributed by atoms with E-state index in [1.54, 1.807) is 30.3 Å². The zero-order chi connectivity index (χ0) is 27.1. The van der Waals surface area contributed by atoms with Crippen molar-refractivity contribution >= 4 is 15.7 Å². The van der Waals surface area contributed by atoms with Gasteiger partial charge in [0.25, 0.3) is 0 Å². The first kappa shape index (κ1) is 25.7. The van der Waals surface area contributed by atoms with Crippen LogP contribution >= 0.6 is 0 Å². The predicted octanol–water partition coefficient (Wildman–Crippen LogP) is 4.48. The number of rotatable bonds is 7. The van der Waals surface area contributed by atoms with Gasteiger partial charge in [0.2, 0.25) is 5.91 Å². The van der Waals surface area contributed by atoms with Gasteiger partial charge in [-0.25, -0.2) is 8.42 Å². The molecule has 4 aromatic rings. The van der Waals surface area contributed by atoms with Gasteiger partial charge in [-0.05, 0) is 24.0 Å². The highest BCUT2D eigenvalue weighted by atomic mass is 32.2. The maximum absolute atomic E-state index is 14.2. The smallest absolute Gasteiger partial charge is 0.355 e. The first-order valence-electron chi connectivity index (χ1n) is 11.7. The highest BCUT2D eigenvalue weighted by Gasteiger charge is 2.43. The van der Waals surface area contributed by atoms with Crippen LogP contribution in [0.25, 0.3) is 34.0 Å². The molecule has 38 heavy (non-hydrogen) atoms. The van der Waals surface area contributed by atoms with E-state index in [2.05, 4.69) is 15.6 Å². The summed E-state index contributed by atoms with van der Waals surface area (Å²) in [5.41, 5.74) is 1.98. The van der Waals surface area contributed by atoms with Gasteiger partial charge < -0.3 is 14.4 Å². The van der Waals surface area contributed by atoms with Gasteiger partial charge in [0.15, 0.2) is 17.2 Å². The molecule has 0 fully saturated rings.